The van der Waals surface area contributed by atoms with Crippen molar-refractivity contribution in [3.63, 3.8) is 0 Å². The minimum Gasteiger partial charge on any atom is -0.382 e. The molecule has 0 aromatic carbocycles. The minimum atomic E-state index is -0.739. The number of aryl methyl sites for hydroxylation is 1. The molecular weight excluding hydrogens is 210 g/mol. The SMILES string of the molecule is Cn1ncc2c(NC(=O)C=O)cnc(N)c21. The van der Waals surface area contributed by atoms with Crippen molar-refractivity contribution in [3.05, 3.63) is 12.4 Å². The number of hydrogen-bond acceptors (Lipinski definition) is 5. The van der Waals surface area contributed by atoms with Crippen LogP contribution >= 0.6 is 0 Å². The highest BCUT2D eigenvalue weighted by atomic mass is 16.2. The summed E-state index contributed by atoms with van der Waals surface area (Å²) >= 11 is 0. The lowest BCUT2D eigenvalue weighted by atomic mass is 10.2. The summed E-state index contributed by atoms with van der Waals surface area (Å²) in [7, 11) is 1.71. The Morgan fingerprint density at radius 3 is 3.00 bits per heavy atom. The molecule has 0 saturated carbocycles. The highest BCUT2D eigenvalue weighted by Crippen LogP contribution is 2.25. The number of pyridine rings is 1. The molecule has 0 bridgehead atoms. The van der Waals surface area contributed by atoms with E-state index in [1.165, 1.54) is 6.20 Å². The molecule has 3 N–H and O–H groups in total. The molecule has 0 aliphatic carbocycles. The molecule has 1 amide bonds. The van der Waals surface area contributed by atoms with Crippen molar-refractivity contribution >= 4 is 34.6 Å². The second kappa shape index (κ2) is 3.61. The van der Waals surface area contributed by atoms with Gasteiger partial charge in [0.25, 0.3) is 5.91 Å². The Balaban J connectivity index is 2.59. The zero-order valence-electron chi connectivity index (χ0n) is 8.47. The second-order valence-corrected chi connectivity index (χ2v) is 3.19. The number of nitrogens with zero attached hydrogens (tertiary/aromatic N) is 3. The van der Waals surface area contributed by atoms with Gasteiger partial charge in [-0.2, -0.15) is 5.10 Å². The molecule has 0 fully saturated rings. The Labute approximate surface area is 90.2 Å². The van der Waals surface area contributed by atoms with Crippen LogP contribution in [0.25, 0.3) is 10.9 Å². The molecule has 2 rings (SSSR count). The number of nitrogen functional groups attached to an aromatic ring is 1. The van der Waals surface area contributed by atoms with Crippen molar-refractivity contribution in [2.24, 2.45) is 7.05 Å². The number of aldehydes is 1. The first-order valence-corrected chi connectivity index (χ1v) is 4.46. The van der Waals surface area contributed by atoms with Crippen LogP contribution in [0.3, 0.4) is 0 Å². The molecule has 0 saturated heterocycles. The molecule has 7 heteroatoms. The highest BCUT2D eigenvalue weighted by Gasteiger charge is 2.11. The minimum absolute atomic E-state index is 0.193. The van der Waals surface area contributed by atoms with Crippen molar-refractivity contribution in [1.29, 1.82) is 0 Å². The van der Waals surface area contributed by atoms with E-state index in [0.29, 0.717) is 22.4 Å². The third-order valence-corrected chi connectivity index (χ3v) is 2.17. The second-order valence-electron chi connectivity index (χ2n) is 3.19. The van der Waals surface area contributed by atoms with E-state index >= 15 is 0 Å². The maximum Gasteiger partial charge on any atom is 0.288 e. The lowest BCUT2D eigenvalue weighted by molar-refractivity contribution is -0.127. The van der Waals surface area contributed by atoms with Crippen LogP contribution in [0.5, 0.6) is 0 Å². The van der Waals surface area contributed by atoms with E-state index in [1.54, 1.807) is 17.9 Å². The van der Waals surface area contributed by atoms with Gasteiger partial charge in [-0.25, -0.2) is 4.98 Å². The van der Waals surface area contributed by atoms with Crippen LogP contribution in [0, 0.1) is 0 Å². The van der Waals surface area contributed by atoms with Gasteiger partial charge in [-0.05, 0) is 0 Å². The van der Waals surface area contributed by atoms with Gasteiger partial charge in [0.2, 0.25) is 6.29 Å². The number of fused-ring (bicyclic) bond motifs is 1. The molecule has 0 aliphatic heterocycles. The van der Waals surface area contributed by atoms with Crippen LogP contribution in [-0.2, 0) is 16.6 Å². The number of rotatable bonds is 2. The fourth-order valence-electron chi connectivity index (χ4n) is 1.46. The largest absolute Gasteiger partial charge is 0.382 e. The number of amides is 1. The molecule has 16 heavy (non-hydrogen) atoms. The summed E-state index contributed by atoms with van der Waals surface area (Å²) in [6.07, 6.45) is 3.13. The van der Waals surface area contributed by atoms with E-state index in [2.05, 4.69) is 15.4 Å². The molecule has 0 aliphatic rings. The summed E-state index contributed by atoms with van der Waals surface area (Å²) in [5, 5.41) is 7.05. The van der Waals surface area contributed by atoms with Crippen molar-refractivity contribution < 1.29 is 9.59 Å². The van der Waals surface area contributed by atoms with Gasteiger partial charge in [0.15, 0.2) is 0 Å². The van der Waals surface area contributed by atoms with Gasteiger partial charge in [0.1, 0.15) is 11.3 Å². The average Bonchev–Trinajstić information content (AvgIpc) is 2.66. The smallest absolute Gasteiger partial charge is 0.288 e. The number of anilines is 2. The standard InChI is InChI=1S/C9H9N5O2/c1-14-8-5(2-12-14)6(3-11-9(8)10)13-7(16)4-15/h2-4H,1H3,(H2,10,11)(H,13,16). The van der Waals surface area contributed by atoms with Crippen LogP contribution in [0.1, 0.15) is 0 Å². The molecule has 0 spiro atoms. The molecule has 7 nitrogen and oxygen atoms in total. The first kappa shape index (κ1) is 10.1. The summed E-state index contributed by atoms with van der Waals surface area (Å²) in [4.78, 5) is 25.1. The maximum atomic E-state index is 11.0. The van der Waals surface area contributed by atoms with Crippen LogP contribution in [0.2, 0.25) is 0 Å². The summed E-state index contributed by atoms with van der Waals surface area (Å²) in [6, 6.07) is 0. The summed E-state index contributed by atoms with van der Waals surface area (Å²) in [6.45, 7) is 0. The predicted octanol–water partition coefficient (Wildman–Crippen LogP) is -0.312. The van der Waals surface area contributed by atoms with E-state index in [9.17, 15) is 9.59 Å². The molecule has 2 aromatic rings. The summed E-state index contributed by atoms with van der Waals surface area (Å²) < 4.78 is 1.55. The van der Waals surface area contributed by atoms with Gasteiger partial charge < -0.3 is 11.1 Å². The van der Waals surface area contributed by atoms with E-state index < -0.39 is 5.91 Å². The Bertz CT molecular complexity index is 575. The van der Waals surface area contributed by atoms with Crippen molar-refractivity contribution in [3.8, 4) is 0 Å². The van der Waals surface area contributed by atoms with Gasteiger partial charge in [0, 0.05) is 12.4 Å². The van der Waals surface area contributed by atoms with Crippen molar-refractivity contribution in [2.45, 2.75) is 0 Å². The number of carbonyl (C=O) groups excluding carboxylic acids is 2. The van der Waals surface area contributed by atoms with Crippen LogP contribution in [0.4, 0.5) is 11.5 Å². The van der Waals surface area contributed by atoms with Crippen molar-refractivity contribution in [2.75, 3.05) is 11.1 Å². The third kappa shape index (κ3) is 1.48. The molecule has 0 radical (unpaired) electrons. The van der Waals surface area contributed by atoms with Gasteiger partial charge in [-0.1, -0.05) is 0 Å². The fourth-order valence-corrected chi connectivity index (χ4v) is 1.46. The zero-order chi connectivity index (χ0) is 11.7. The Kier molecular flexibility index (Phi) is 2.28. The lowest BCUT2D eigenvalue weighted by Gasteiger charge is -2.04. The number of hydrogen-bond donors (Lipinski definition) is 2. The van der Waals surface area contributed by atoms with E-state index in [0.717, 1.165) is 0 Å². The van der Waals surface area contributed by atoms with Gasteiger partial charge in [-0.3, -0.25) is 14.3 Å². The van der Waals surface area contributed by atoms with Crippen LogP contribution in [0.15, 0.2) is 12.4 Å². The molecule has 2 heterocycles. The number of carbonyl (C=O) groups is 2. The molecule has 0 atom stereocenters. The first-order chi connectivity index (χ1) is 7.63. The van der Waals surface area contributed by atoms with E-state index in [-0.39, 0.29) is 6.29 Å². The highest BCUT2D eigenvalue weighted by molar-refractivity contribution is 6.30. The maximum absolute atomic E-state index is 11.0. The van der Waals surface area contributed by atoms with Gasteiger partial charge in [-0.15, -0.1) is 0 Å². The van der Waals surface area contributed by atoms with Gasteiger partial charge >= 0.3 is 0 Å². The lowest BCUT2D eigenvalue weighted by Crippen LogP contribution is -2.13. The first-order valence-electron chi connectivity index (χ1n) is 4.46. The topological polar surface area (TPSA) is 103 Å². The van der Waals surface area contributed by atoms with Gasteiger partial charge in [0.05, 0.1) is 18.1 Å². The number of nitrogens with one attached hydrogen (secondary N) is 1. The molecule has 0 unspecified atom stereocenters. The normalized spacial score (nSPS) is 10.3. The van der Waals surface area contributed by atoms with Crippen LogP contribution < -0.4 is 11.1 Å². The third-order valence-electron chi connectivity index (χ3n) is 2.17. The fraction of sp³-hybridized carbons (Fsp3) is 0.111. The number of aromatic nitrogens is 3. The Morgan fingerprint density at radius 1 is 1.56 bits per heavy atom. The predicted molar refractivity (Wildman–Crippen MR) is 57.6 cm³/mol. The molecular formula is C9H9N5O2. The summed E-state index contributed by atoms with van der Waals surface area (Å²) in [5.41, 5.74) is 6.71. The molecule has 82 valence electrons. The van der Waals surface area contributed by atoms with Crippen LogP contribution in [-0.4, -0.2) is 27.0 Å². The Morgan fingerprint density at radius 2 is 2.31 bits per heavy atom. The molecule has 2 aromatic heterocycles. The number of nitrogens with two attached hydrogens (primary N) is 1. The Hall–Kier alpha value is -2.44. The average molecular weight is 219 g/mol. The van der Waals surface area contributed by atoms with E-state index in [1.807, 2.05) is 0 Å². The van der Waals surface area contributed by atoms with Crippen molar-refractivity contribution in [1.82, 2.24) is 14.8 Å². The summed E-state index contributed by atoms with van der Waals surface area (Å²) in [5.74, 6) is -0.421. The van der Waals surface area contributed by atoms with E-state index in [4.69, 9.17) is 5.73 Å². The zero-order valence-corrected chi connectivity index (χ0v) is 8.47. The monoisotopic (exact) mass is 219 g/mol. The quantitative estimate of drug-likeness (QED) is 0.532.